The zero-order chi connectivity index (χ0) is 37.2. The Morgan fingerprint density at radius 3 is 2.28 bits per heavy atom. The van der Waals surface area contributed by atoms with Crippen LogP contribution in [0, 0.1) is 19.8 Å². The number of aryl methyl sites for hydroxylation is 2. The standard InChI is InChI=1S/C33H41F3N8O4.C2H6/c1-6-24(22-8-9-22)38-19-39-25(7-2)29(43-12-14-44(15-13-43)31(47)28-30(46)21(4)37-18-40-28)32(48)42(5)17-27(45)41-26-11-10-23(16-20(26)3)33(34,35)36;1-2/h6,10-11,16,18-19,22,46H,7-9,12-15,17H2,1-5H3,(H,38,39)(H,41,45);1-2H3/b24-6?,29-25+;. The van der Waals surface area contributed by atoms with Crippen molar-refractivity contribution in [2.45, 2.75) is 67.0 Å². The highest BCUT2D eigenvalue weighted by Gasteiger charge is 2.33. The first kappa shape index (κ1) is 39.5. The lowest BCUT2D eigenvalue weighted by atomic mass is 10.1. The Labute approximate surface area is 291 Å². The lowest BCUT2D eigenvalue weighted by Crippen LogP contribution is -2.51. The first-order valence-corrected chi connectivity index (χ1v) is 16.7. The summed E-state index contributed by atoms with van der Waals surface area (Å²) in [6, 6.07) is 3.02. The summed E-state index contributed by atoms with van der Waals surface area (Å²) in [7, 11) is 1.46. The number of alkyl halides is 3. The molecule has 1 aliphatic heterocycles. The molecule has 50 heavy (non-hydrogen) atoms. The molecule has 272 valence electrons. The molecule has 0 radical (unpaired) electrons. The van der Waals surface area contributed by atoms with Crippen LogP contribution < -0.4 is 10.6 Å². The summed E-state index contributed by atoms with van der Waals surface area (Å²) in [5, 5.41) is 16.2. The van der Waals surface area contributed by atoms with E-state index in [1.165, 1.54) is 36.2 Å². The number of nitrogens with zero attached hydrogens (tertiary/aromatic N) is 6. The quantitative estimate of drug-likeness (QED) is 0.164. The molecule has 2 aliphatic rings. The highest BCUT2D eigenvalue weighted by molar-refractivity contribution is 5.99. The van der Waals surface area contributed by atoms with E-state index in [4.69, 9.17) is 0 Å². The molecular formula is C35H47F3N8O4. The predicted octanol–water partition coefficient (Wildman–Crippen LogP) is 5.25. The van der Waals surface area contributed by atoms with Crippen LogP contribution in [0.15, 0.2) is 52.7 Å². The number of aliphatic imine (C=N–C) groups is 1. The van der Waals surface area contributed by atoms with E-state index in [0.717, 1.165) is 30.7 Å². The fourth-order valence-corrected chi connectivity index (χ4v) is 5.32. The molecule has 2 fully saturated rings. The second-order valence-electron chi connectivity index (χ2n) is 11.7. The maximum atomic E-state index is 14.0. The minimum Gasteiger partial charge on any atom is -0.504 e. The summed E-state index contributed by atoms with van der Waals surface area (Å²) in [4.78, 5) is 57.2. The van der Waals surface area contributed by atoms with Crippen molar-refractivity contribution in [3.8, 4) is 5.75 Å². The smallest absolute Gasteiger partial charge is 0.416 e. The van der Waals surface area contributed by atoms with Gasteiger partial charge in [-0.05, 0) is 69.7 Å². The summed E-state index contributed by atoms with van der Waals surface area (Å²) < 4.78 is 39.3. The van der Waals surface area contributed by atoms with Crippen molar-refractivity contribution in [3.63, 3.8) is 0 Å². The van der Waals surface area contributed by atoms with Gasteiger partial charge in [0.1, 0.15) is 12.0 Å². The van der Waals surface area contributed by atoms with E-state index in [-0.39, 0.29) is 66.8 Å². The van der Waals surface area contributed by atoms with E-state index >= 15 is 0 Å². The van der Waals surface area contributed by atoms with E-state index in [0.29, 0.717) is 18.0 Å². The molecule has 0 unspecified atom stereocenters. The summed E-state index contributed by atoms with van der Waals surface area (Å²) in [5.41, 5.74) is 1.56. The average Bonchev–Trinajstić information content (AvgIpc) is 3.94. The number of nitrogens with one attached hydrogen (secondary N) is 2. The summed E-state index contributed by atoms with van der Waals surface area (Å²) in [6.45, 7) is 11.4. The van der Waals surface area contributed by atoms with Gasteiger partial charge < -0.3 is 30.4 Å². The molecule has 15 heteroatoms. The first-order chi connectivity index (χ1) is 23.7. The van der Waals surface area contributed by atoms with Crippen molar-refractivity contribution >= 4 is 29.7 Å². The van der Waals surface area contributed by atoms with Crippen LogP contribution in [-0.2, 0) is 15.8 Å². The number of piperazine rings is 1. The maximum Gasteiger partial charge on any atom is 0.416 e. The Morgan fingerprint density at radius 1 is 1.08 bits per heavy atom. The third-order valence-electron chi connectivity index (χ3n) is 8.24. The molecule has 1 aromatic heterocycles. The number of carbonyl (C=O) groups is 3. The van der Waals surface area contributed by atoms with Gasteiger partial charge in [-0.2, -0.15) is 13.2 Å². The molecule has 0 spiro atoms. The Hall–Kier alpha value is -4.95. The Morgan fingerprint density at radius 2 is 1.72 bits per heavy atom. The Bertz CT molecular complexity index is 1630. The monoisotopic (exact) mass is 700 g/mol. The molecule has 1 aromatic carbocycles. The van der Waals surface area contributed by atoms with Gasteiger partial charge in [-0.15, -0.1) is 0 Å². The molecule has 2 aromatic rings. The van der Waals surface area contributed by atoms with Crippen LogP contribution in [0.3, 0.4) is 0 Å². The van der Waals surface area contributed by atoms with Gasteiger partial charge in [0.05, 0.1) is 29.8 Å². The normalized spacial score (nSPS) is 15.6. The maximum absolute atomic E-state index is 14.0. The van der Waals surface area contributed by atoms with Crippen molar-refractivity contribution in [2.24, 2.45) is 10.9 Å². The Balaban J connectivity index is 0.00000332. The van der Waals surface area contributed by atoms with Gasteiger partial charge >= 0.3 is 6.18 Å². The number of rotatable bonds is 11. The van der Waals surface area contributed by atoms with Gasteiger partial charge in [0, 0.05) is 44.6 Å². The van der Waals surface area contributed by atoms with Crippen LogP contribution in [-0.4, -0.2) is 93.6 Å². The largest absolute Gasteiger partial charge is 0.504 e. The number of aromatic nitrogens is 2. The highest BCUT2D eigenvalue weighted by atomic mass is 19.4. The van der Waals surface area contributed by atoms with E-state index in [2.05, 4.69) is 25.6 Å². The second kappa shape index (κ2) is 17.6. The van der Waals surface area contributed by atoms with Gasteiger partial charge in [-0.1, -0.05) is 26.8 Å². The summed E-state index contributed by atoms with van der Waals surface area (Å²) in [5.74, 6) is -1.36. The third kappa shape index (κ3) is 10.0. The number of hydrogen-bond donors (Lipinski definition) is 3. The zero-order valence-electron chi connectivity index (χ0n) is 29.7. The van der Waals surface area contributed by atoms with E-state index < -0.39 is 29.5 Å². The van der Waals surface area contributed by atoms with Gasteiger partial charge in [0.25, 0.3) is 11.8 Å². The molecule has 2 heterocycles. The van der Waals surface area contributed by atoms with Crippen molar-refractivity contribution in [1.29, 1.82) is 0 Å². The van der Waals surface area contributed by atoms with Crippen LogP contribution in [0.25, 0.3) is 0 Å². The molecule has 0 atom stereocenters. The minimum atomic E-state index is -4.51. The lowest BCUT2D eigenvalue weighted by molar-refractivity contribution is -0.137. The number of hydrogen-bond acceptors (Lipinski definition) is 8. The van der Waals surface area contributed by atoms with Crippen LogP contribution >= 0.6 is 0 Å². The summed E-state index contributed by atoms with van der Waals surface area (Å²) in [6.07, 6.45) is 2.81. The lowest BCUT2D eigenvalue weighted by Gasteiger charge is -2.38. The summed E-state index contributed by atoms with van der Waals surface area (Å²) >= 11 is 0. The molecule has 3 N–H and O–H groups in total. The first-order valence-electron chi connectivity index (χ1n) is 16.7. The van der Waals surface area contributed by atoms with Crippen LogP contribution in [0.1, 0.15) is 74.3 Å². The number of allylic oxidation sites excluding steroid dienone is 3. The molecular weight excluding hydrogens is 653 g/mol. The van der Waals surface area contributed by atoms with Crippen LogP contribution in [0.4, 0.5) is 18.9 Å². The fraction of sp³-hybridized carbons (Fsp3) is 0.486. The fourth-order valence-electron chi connectivity index (χ4n) is 5.32. The number of likely N-dealkylation sites (N-methyl/N-ethyl adjacent to an activating group) is 1. The molecule has 12 nitrogen and oxygen atoms in total. The zero-order valence-corrected chi connectivity index (χ0v) is 29.7. The number of halogens is 3. The SMILES string of the molecule is CC.CC=C(NC=N/C(CC)=C(\C(=O)N(C)CC(=O)Nc1ccc(C(F)(F)F)cc1C)N1CCN(C(=O)c2ncnc(C)c2O)CC1)C1CC1. The molecule has 1 saturated carbocycles. The molecule has 3 amide bonds. The van der Waals surface area contributed by atoms with Gasteiger partial charge in [0.2, 0.25) is 5.91 Å². The molecule has 1 aliphatic carbocycles. The van der Waals surface area contributed by atoms with E-state index in [1.54, 1.807) is 13.3 Å². The molecule has 4 rings (SSSR count). The number of anilines is 1. The number of aromatic hydroxyl groups is 1. The molecule has 0 bridgehead atoms. The van der Waals surface area contributed by atoms with Crippen molar-refractivity contribution in [3.05, 3.63) is 70.2 Å². The minimum absolute atomic E-state index is 0.0998. The third-order valence-corrected chi connectivity index (χ3v) is 8.24. The highest BCUT2D eigenvalue weighted by Crippen LogP contribution is 2.35. The average molecular weight is 701 g/mol. The topological polar surface area (TPSA) is 143 Å². The second-order valence-corrected chi connectivity index (χ2v) is 11.7. The van der Waals surface area contributed by atoms with Crippen LogP contribution in [0.2, 0.25) is 0 Å². The van der Waals surface area contributed by atoms with Crippen molar-refractivity contribution in [1.82, 2.24) is 30.0 Å². The van der Waals surface area contributed by atoms with Crippen molar-refractivity contribution in [2.75, 3.05) is 45.1 Å². The van der Waals surface area contributed by atoms with E-state index in [9.17, 15) is 32.7 Å². The van der Waals surface area contributed by atoms with Gasteiger partial charge in [0.15, 0.2) is 11.4 Å². The molecule has 1 saturated heterocycles. The van der Waals surface area contributed by atoms with Crippen LogP contribution in [0.5, 0.6) is 5.75 Å². The van der Waals surface area contributed by atoms with Crippen molar-refractivity contribution < 1.29 is 32.7 Å². The van der Waals surface area contributed by atoms with Gasteiger partial charge in [-0.3, -0.25) is 14.4 Å². The predicted molar refractivity (Wildman–Crippen MR) is 185 cm³/mol. The number of benzene rings is 1. The van der Waals surface area contributed by atoms with Gasteiger partial charge in [-0.25, -0.2) is 15.0 Å². The number of amides is 3. The Kier molecular flexibility index (Phi) is 13.9. The van der Waals surface area contributed by atoms with E-state index in [1.807, 2.05) is 38.7 Å². The number of carbonyl (C=O) groups excluding carboxylic acids is 3.